The van der Waals surface area contributed by atoms with E-state index in [1.807, 2.05) is 6.92 Å². The summed E-state index contributed by atoms with van der Waals surface area (Å²) >= 11 is 1.41. The van der Waals surface area contributed by atoms with Crippen LogP contribution in [-0.4, -0.2) is 31.6 Å². The van der Waals surface area contributed by atoms with Crippen molar-refractivity contribution in [2.75, 3.05) is 25.0 Å². The summed E-state index contributed by atoms with van der Waals surface area (Å²) in [7, 11) is 0. The molecule has 1 aromatic rings. The molecule has 1 aliphatic rings. The van der Waals surface area contributed by atoms with Gasteiger partial charge >= 0.3 is 5.97 Å². The molecule has 0 aromatic carbocycles. The minimum Gasteiger partial charge on any atom is -0.462 e. The molecule has 2 heterocycles. The van der Waals surface area contributed by atoms with E-state index in [2.05, 4.69) is 10.6 Å². The van der Waals surface area contributed by atoms with Crippen molar-refractivity contribution in [2.24, 2.45) is 5.92 Å². The lowest BCUT2D eigenvalue weighted by molar-refractivity contribution is -0.120. The van der Waals surface area contributed by atoms with Crippen LogP contribution in [0.5, 0.6) is 0 Å². The number of aryl methyl sites for hydroxylation is 1. The Morgan fingerprint density at radius 1 is 1.45 bits per heavy atom. The first-order valence-corrected chi connectivity index (χ1v) is 7.72. The summed E-state index contributed by atoms with van der Waals surface area (Å²) in [5, 5.41) is 6.73. The van der Waals surface area contributed by atoms with Gasteiger partial charge in [0.2, 0.25) is 5.91 Å². The lowest BCUT2D eigenvalue weighted by atomic mass is 9.97. The highest BCUT2D eigenvalue weighted by molar-refractivity contribution is 7.16. The van der Waals surface area contributed by atoms with Crippen LogP contribution in [0.25, 0.3) is 0 Å². The minimum atomic E-state index is -0.377. The molecule has 20 heavy (non-hydrogen) atoms. The Labute approximate surface area is 122 Å². The number of carbonyl (C=O) groups is 2. The number of ether oxygens (including phenoxy) is 1. The predicted octanol–water partition coefficient (Wildman–Crippen LogP) is 2.17. The Balaban J connectivity index is 2.08. The number of piperidine rings is 1. The molecule has 0 spiro atoms. The number of esters is 1. The van der Waals surface area contributed by atoms with Gasteiger partial charge in [-0.2, -0.15) is 0 Å². The van der Waals surface area contributed by atoms with Crippen LogP contribution in [0.4, 0.5) is 5.00 Å². The average Bonchev–Trinajstić information content (AvgIpc) is 2.81. The average molecular weight is 296 g/mol. The van der Waals surface area contributed by atoms with Gasteiger partial charge in [-0.25, -0.2) is 4.79 Å². The maximum atomic E-state index is 12.2. The van der Waals surface area contributed by atoms with Crippen LogP contribution in [0, 0.1) is 12.8 Å². The van der Waals surface area contributed by atoms with Crippen molar-refractivity contribution < 1.29 is 14.3 Å². The number of hydrogen-bond acceptors (Lipinski definition) is 5. The van der Waals surface area contributed by atoms with Gasteiger partial charge in [-0.05, 0) is 45.8 Å². The van der Waals surface area contributed by atoms with Crippen molar-refractivity contribution in [3.05, 3.63) is 16.5 Å². The molecule has 0 atom stereocenters. The summed E-state index contributed by atoms with van der Waals surface area (Å²) in [6.07, 6.45) is 1.68. The third kappa shape index (κ3) is 3.58. The summed E-state index contributed by atoms with van der Waals surface area (Å²) in [5.74, 6) is -0.356. The number of amides is 1. The number of hydrogen-bond donors (Lipinski definition) is 2. The van der Waals surface area contributed by atoms with Gasteiger partial charge in [-0.15, -0.1) is 11.3 Å². The van der Waals surface area contributed by atoms with E-state index < -0.39 is 0 Å². The van der Waals surface area contributed by atoms with Crippen molar-refractivity contribution in [3.8, 4) is 0 Å². The van der Waals surface area contributed by atoms with E-state index in [1.165, 1.54) is 11.3 Å². The van der Waals surface area contributed by atoms with Crippen LogP contribution in [0.2, 0.25) is 0 Å². The lowest BCUT2D eigenvalue weighted by Crippen LogP contribution is -2.34. The topological polar surface area (TPSA) is 67.4 Å². The fourth-order valence-electron chi connectivity index (χ4n) is 2.27. The Bertz CT molecular complexity index is 493. The Kier molecular flexibility index (Phi) is 5.14. The summed E-state index contributed by atoms with van der Waals surface area (Å²) in [5.41, 5.74) is 0.455. The van der Waals surface area contributed by atoms with Gasteiger partial charge < -0.3 is 15.4 Å². The largest absolute Gasteiger partial charge is 0.462 e. The summed E-state index contributed by atoms with van der Waals surface area (Å²) in [6.45, 7) is 5.74. The third-order valence-electron chi connectivity index (χ3n) is 3.30. The van der Waals surface area contributed by atoms with E-state index in [-0.39, 0.29) is 17.8 Å². The molecule has 0 radical (unpaired) electrons. The molecule has 6 heteroatoms. The Morgan fingerprint density at radius 2 is 2.15 bits per heavy atom. The van der Waals surface area contributed by atoms with E-state index in [9.17, 15) is 9.59 Å². The van der Waals surface area contributed by atoms with Gasteiger partial charge in [-0.3, -0.25) is 4.79 Å². The smallest absolute Gasteiger partial charge is 0.341 e. The van der Waals surface area contributed by atoms with Crippen LogP contribution in [0.1, 0.15) is 35.0 Å². The normalized spacial score (nSPS) is 15.9. The summed E-state index contributed by atoms with van der Waals surface area (Å²) in [6, 6.07) is 1.76. The van der Waals surface area contributed by atoms with Crippen molar-refractivity contribution in [1.29, 1.82) is 0 Å². The molecule has 1 aromatic heterocycles. The monoisotopic (exact) mass is 296 g/mol. The predicted molar refractivity (Wildman–Crippen MR) is 79.2 cm³/mol. The first-order valence-electron chi connectivity index (χ1n) is 6.91. The van der Waals surface area contributed by atoms with Crippen LogP contribution < -0.4 is 10.6 Å². The molecule has 110 valence electrons. The second kappa shape index (κ2) is 6.85. The maximum Gasteiger partial charge on any atom is 0.341 e. The van der Waals surface area contributed by atoms with Gasteiger partial charge in [0.05, 0.1) is 12.2 Å². The number of anilines is 1. The standard InChI is InChI=1S/C14H20N2O3S/c1-3-19-14(18)11-8-9(2)20-13(11)16-12(17)10-4-6-15-7-5-10/h8,10,15H,3-7H2,1-2H3,(H,16,17). The fraction of sp³-hybridized carbons (Fsp3) is 0.571. The Morgan fingerprint density at radius 3 is 2.80 bits per heavy atom. The van der Waals surface area contributed by atoms with Crippen molar-refractivity contribution in [1.82, 2.24) is 5.32 Å². The molecule has 5 nitrogen and oxygen atoms in total. The highest BCUT2D eigenvalue weighted by atomic mass is 32.1. The molecule has 0 unspecified atom stereocenters. The van der Waals surface area contributed by atoms with Crippen molar-refractivity contribution in [2.45, 2.75) is 26.7 Å². The Hall–Kier alpha value is -1.40. The molecule has 1 aliphatic heterocycles. The summed E-state index contributed by atoms with van der Waals surface area (Å²) in [4.78, 5) is 25.1. The van der Waals surface area contributed by atoms with Gasteiger partial charge in [-0.1, -0.05) is 0 Å². The SMILES string of the molecule is CCOC(=O)c1cc(C)sc1NC(=O)C1CCNCC1. The van der Waals surface area contributed by atoms with Gasteiger partial charge in [0.25, 0.3) is 0 Å². The number of nitrogens with one attached hydrogen (secondary N) is 2. The highest BCUT2D eigenvalue weighted by Gasteiger charge is 2.24. The number of thiophene rings is 1. The molecular formula is C14H20N2O3S. The van der Waals surface area contributed by atoms with Crippen LogP contribution in [-0.2, 0) is 9.53 Å². The molecule has 2 N–H and O–H groups in total. The lowest BCUT2D eigenvalue weighted by Gasteiger charge is -2.21. The first kappa shape index (κ1) is 15.0. The van der Waals surface area contributed by atoms with Crippen LogP contribution >= 0.6 is 11.3 Å². The molecule has 1 fully saturated rings. The second-order valence-corrected chi connectivity index (χ2v) is 6.09. The zero-order chi connectivity index (χ0) is 14.5. The molecule has 0 aliphatic carbocycles. The fourth-order valence-corrected chi connectivity index (χ4v) is 3.17. The molecule has 2 rings (SSSR count). The second-order valence-electron chi connectivity index (χ2n) is 4.83. The van der Waals surface area contributed by atoms with E-state index in [0.717, 1.165) is 30.8 Å². The maximum absolute atomic E-state index is 12.2. The van der Waals surface area contributed by atoms with Gasteiger partial charge in [0.15, 0.2) is 0 Å². The first-order chi connectivity index (χ1) is 9.61. The molecule has 0 saturated carbocycles. The van der Waals surface area contributed by atoms with E-state index in [4.69, 9.17) is 4.74 Å². The van der Waals surface area contributed by atoms with E-state index >= 15 is 0 Å². The zero-order valence-electron chi connectivity index (χ0n) is 11.8. The number of rotatable bonds is 4. The zero-order valence-corrected chi connectivity index (χ0v) is 12.6. The van der Waals surface area contributed by atoms with Crippen molar-refractivity contribution in [3.63, 3.8) is 0 Å². The number of carbonyl (C=O) groups excluding carboxylic acids is 2. The van der Waals surface area contributed by atoms with Crippen LogP contribution in [0.15, 0.2) is 6.07 Å². The highest BCUT2D eigenvalue weighted by Crippen LogP contribution is 2.29. The van der Waals surface area contributed by atoms with Gasteiger partial charge in [0.1, 0.15) is 5.00 Å². The van der Waals surface area contributed by atoms with Gasteiger partial charge in [0, 0.05) is 10.8 Å². The minimum absolute atomic E-state index is 0.00102. The van der Waals surface area contributed by atoms with E-state index in [1.54, 1.807) is 13.0 Å². The molecule has 1 amide bonds. The third-order valence-corrected chi connectivity index (χ3v) is 4.26. The van der Waals surface area contributed by atoms with E-state index in [0.29, 0.717) is 17.2 Å². The quantitative estimate of drug-likeness (QED) is 0.836. The van der Waals surface area contributed by atoms with Crippen LogP contribution in [0.3, 0.4) is 0 Å². The van der Waals surface area contributed by atoms with Crippen molar-refractivity contribution >= 4 is 28.2 Å². The summed E-state index contributed by atoms with van der Waals surface area (Å²) < 4.78 is 5.02. The molecule has 0 bridgehead atoms. The molecular weight excluding hydrogens is 276 g/mol. The molecule has 1 saturated heterocycles.